The van der Waals surface area contributed by atoms with E-state index in [1.807, 2.05) is 12.1 Å². The quantitative estimate of drug-likeness (QED) is 0.654. The van der Waals surface area contributed by atoms with Gasteiger partial charge in [-0.1, -0.05) is 24.3 Å². The zero-order valence-corrected chi connectivity index (χ0v) is 7.21. The highest BCUT2D eigenvalue weighted by atomic mass is 19.1. The van der Waals surface area contributed by atoms with Crippen LogP contribution in [-0.4, -0.2) is 5.11 Å². The van der Waals surface area contributed by atoms with Gasteiger partial charge in [0, 0.05) is 10.9 Å². The fourth-order valence-corrected chi connectivity index (χ4v) is 1.40. The van der Waals surface area contributed by atoms with Crippen LogP contribution in [0.15, 0.2) is 30.3 Å². The monoisotopic (exact) mass is 176 g/mol. The Morgan fingerprint density at radius 1 is 1.23 bits per heavy atom. The number of hydrogen-bond acceptors (Lipinski definition) is 1. The highest BCUT2D eigenvalue weighted by Gasteiger charge is 2.07. The van der Waals surface area contributed by atoms with E-state index < -0.39 is 0 Å². The van der Waals surface area contributed by atoms with Gasteiger partial charge in [-0.05, 0) is 18.4 Å². The molecule has 0 amide bonds. The van der Waals surface area contributed by atoms with Crippen LogP contribution < -0.4 is 0 Å². The van der Waals surface area contributed by atoms with Gasteiger partial charge in [0.1, 0.15) is 11.6 Å². The van der Waals surface area contributed by atoms with Crippen LogP contribution in [0.4, 0.5) is 4.39 Å². The van der Waals surface area contributed by atoms with E-state index in [1.165, 1.54) is 6.07 Å². The maximum Gasteiger partial charge on any atom is 0.130 e. The Kier molecular flexibility index (Phi) is 1.69. The number of phenols is 1. The predicted octanol–water partition coefficient (Wildman–Crippen LogP) is 2.99. The molecule has 0 bridgehead atoms. The van der Waals surface area contributed by atoms with E-state index in [0.29, 0.717) is 10.9 Å². The largest absolute Gasteiger partial charge is 0.507 e. The van der Waals surface area contributed by atoms with Crippen LogP contribution in [0.25, 0.3) is 10.8 Å². The Morgan fingerprint density at radius 2 is 1.92 bits per heavy atom. The van der Waals surface area contributed by atoms with Crippen molar-refractivity contribution in [1.82, 2.24) is 0 Å². The van der Waals surface area contributed by atoms with Gasteiger partial charge in [-0.2, -0.15) is 0 Å². The molecule has 0 aliphatic heterocycles. The lowest BCUT2D eigenvalue weighted by atomic mass is 10.1. The number of benzene rings is 2. The minimum atomic E-state index is -0.365. The first-order chi connectivity index (χ1) is 6.20. The number of halogens is 1. The molecule has 13 heavy (non-hydrogen) atoms. The minimum absolute atomic E-state index is 0.0376. The highest BCUT2D eigenvalue weighted by Crippen LogP contribution is 2.29. The van der Waals surface area contributed by atoms with Crippen molar-refractivity contribution in [3.8, 4) is 5.75 Å². The van der Waals surface area contributed by atoms with Crippen molar-refractivity contribution >= 4 is 10.8 Å². The molecule has 0 unspecified atom stereocenters. The molecular weight excluding hydrogens is 167 g/mol. The SMILES string of the molecule is Cc1c(F)cc2ccccc2c1O. The summed E-state index contributed by atoms with van der Waals surface area (Å²) in [6, 6.07) is 8.62. The molecule has 2 aromatic rings. The van der Waals surface area contributed by atoms with Crippen LogP contribution in [-0.2, 0) is 0 Å². The van der Waals surface area contributed by atoms with Gasteiger partial charge in [0.05, 0.1) is 0 Å². The lowest BCUT2D eigenvalue weighted by molar-refractivity contribution is 0.470. The maximum atomic E-state index is 13.1. The summed E-state index contributed by atoms with van der Waals surface area (Å²) >= 11 is 0. The summed E-state index contributed by atoms with van der Waals surface area (Å²) < 4.78 is 13.1. The van der Waals surface area contributed by atoms with Gasteiger partial charge in [-0.15, -0.1) is 0 Å². The third-order valence-electron chi connectivity index (χ3n) is 2.21. The van der Waals surface area contributed by atoms with Gasteiger partial charge >= 0.3 is 0 Å². The molecule has 1 nitrogen and oxygen atoms in total. The molecule has 0 saturated heterocycles. The molecule has 2 heteroatoms. The third kappa shape index (κ3) is 1.15. The molecule has 1 N–H and O–H groups in total. The molecule has 2 rings (SSSR count). The van der Waals surface area contributed by atoms with E-state index in [2.05, 4.69) is 0 Å². The molecule has 0 atom stereocenters. The molecule has 0 aromatic heterocycles. The molecule has 0 aliphatic rings. The normalized spacial score (nSPS) is 10.6. The topological polar surface area (TPSA) is 20.2 Å². The summed E-state index contributed by atoms with van der Waals surface area (Å²) in [6.45, 7) is 1.57. The summed E-state index contributed by atoms with van der Waals surface area (Å²) in [5.41, 5.74) is 0.304. The lowest BCUT2D eigenvalue weighted by Crippen LogP contribution is -1.84. The number of hydrogen-bond donors (Lipinski definition) is 1. The standard InChI is InChI=1S/C11H9FO/c1-7-10(12)6-8-4-2-3-5-9(8)11(7)13/h2-6,13H,1H3. The van der Waals surface area contributed by atoms with Gasteiger partial charge in [-0.3, -0.25) is 0 Å². The minimum Gasteiger partial charge on any atom is -0.507 e. The van der Waals surface area contributed by atoms with Crippen LogP contribution >= 0.6 is 0 Å². The Labute approximate surface area is 75.4 Å². The van der Waals surface area contributed by atoms with Crippen LogP contribution in [0.3, 0.4) is 0 Å². The summed E-state index contributed by atoms with van der Waals surface area (Å²) in [6.07, 6.45) is 0. The van der Waals surface area contributed by atoms with Crippen LogP contribution in [0, 0.1) is 12.7 Å². The maximum absolute atomic E-state index is 13.1. The first-order valence-corrected chi connectivity index (χ1v) is 4.07. The average Bonchev–Trinajstić information content (AvgIpc) is 2.15. The molecule has 2 aromatic carbocycles. The number of rotatable bonds is 0. The molecule has 0 spiro atoms. The summed E-state index contributed by atoms with van der Waals surface area (Å²) in [5.74, 6) is -0.327. The van der Waals surface area contributed by atoms with Gasteiger partial charge in [-0.25, -0.2) is 4.39 Å². The Bertz CT molecular complexity index is 463. The van der Waals surface area contributed by atoms with Crippen molar-refractivity contribution in [2.75, 3.05) is 0 Å². The highest BCUT2D eigenvalue weighted by molar-refractivity contribution is 5.89. The molecule has 66 valence electrons. The number of fused-ring (bicyclic) bond motifs is 1. The van der Waals surface area contributed by atoms with Gasteiger partial charge in [0.25, 0.3) is 0 Å². The van der Waals surface area contributed by atoms with Crippen molar-refractivity contribution in [3.63, 3.8) is 0 Å². The Hall–Kier alpha value is -1.57. The zero-order valence-electron chi connectivity index (χ0n) is 7.21. The van der Waals surface area contributed by atoms with E-state index >= 15 is 0 Å². The van der Waals surface area contributed by atoms with E-state index in [4.69, 9.17) is 0 Å². The molecule has 0 heterocycles. The van der Waals surface area contributed by atoms with Crippen molar-refractivity contribution < 1.29 is 9.50 Å². The molecule has 0 fully saturated rings. The van der Waals surface area contributed by atoms with E-state index in [0.717, 1.165) is 5.39 Å². The Morgan fingerprint density at radius 3 is 2.69 bits per heavy atom. The van der Waals surface area contributed by atoms with Crippen molar-refractivity contribution in [1.29, 1.82) is 0 Å². The second-order valence-corrected chi connectivity index (χ2v) is 3.05. The molecule has 0 saturated carbocycles. The second-order valence-electron chi connectivity index (χ2n) is 3.05. The van der Waals surface area contributed by atoms with Crippen molar-refractivity contribution in [2.45, 2.75) is 6.92 Å². The first-order valence-electron chi connectivity index (χ1n) is 4.07. The van der Waals surface area contributed by atoms with Crippen molar-refractivity contribution in [2.24, 2.45) is 0 Å². The average molecular weight is 176 g/mol. The first kappa shape index (κ1) is 8.05. The fourth-order valence-electron chi connectivity index (χ4n) is 1.40. The second kappa shape index (κ2) is 2.73. The van der Waals surface area contributed by atoms with Gasteiger partial charge in [0.15, 0.2) is 0 Å². The smallest absolute Gasteiger partial charge is 0.130 e. The zero-order chi connectivity index (χ0) is 9.42. The fraction of sp³-hybridized carbons (Fsp3) is 0.0909. The van der Waals surface area contributed by atoms with E-state index in [-0.39, 0.29) is 11.6 Å². The van der Waals surface area contributed by atoms with Crippen LogP contribution in [0.2, 0.25) is 0 Å². The van der Waals surface area contributed by atoms with E-state index in [1.54, 1.807) is 19.1 Å². The number of phenolic OH excluding ortho intramolecular Hbond substituents is 1. The molecule has 0 radical (unpaired) electrons. The van der Waals surface area contributed by atoms with E-state index in [9.17, 15) is 9.50 Å². The number of aromatic hydroxyl groups is 1. The van der Waals surface area contributed by atoms with Gasteiger partial charge < -0.3 is 5.11 Å². The summed E-state index contributed by atoms with van der Waals surface area (Å²) in [7, 11) is 0. The van der Waals surface area contributed by atoms with Gasteiger partial charge in [0.2, 0.25) is 0 Å². The lowest BCUT2D eigenvalue weighted by Gasteiger charge is -2.04. The van der Waals surface area contributed by atoms with Crippen LogP contribution in [0.5, 0.6) is 5.75 Å². The van der Waals surface area contributed by atoms with Crippen molar-refractivity contribution in [3.05, 3.63) is 41.7 Å². The van der Waals surface area contributed by atoms with Crippen LogP contribution in [0.1, 0.15) is 5.56 Å². The summed E-state index contributed by atoms with van der Waals surface area (Å²) in [4.78, 5) is 0. The predicted molar refractivity (Wildman–Crippen MR) is 50.3 cm³/mol. The molecule has 0 aliphatic carbocycles. The molecular formula is C11H9FO. The summed E-state index contributed by atoms with van der Waals surface area (Å²) in [5, 5.41) is 11.0. The third-order valence-corrected chi connectivity index (χ3v) is 2.21. The Balaban J connectivity index is 2.94.